The summed E-state index contributed by atoms with van der Waals surface area (Å²) in [6.45, 7) is 10.2. The van der Waals surface area contributed by atoms with E-state index in [9.17, 15) is 5.11 Å². The molecular weight excluding hydrogens is 396 g/mol. The van der Waals surface area contributed by atoms with Gasteiger partial charge in [0.05, 0.1) is 13.2 Å². The number of ether oxygens (including phenoxy) is 4. The van der Waals surface area contributed by atoms with Gasteiger partial charge in [-0.05, 0) is 0 Å². The predicted octanol–water partition coefficient (Wildman–Crippen LogP) is 3.17. The number of para-hydroxylation sites is 2. The fourth-order valence-corrected chi connectivity index (χ4v) is 3.74. The minimum absolute atomic E-state index is 0.397. The van der Waals surface area contributed by atoms with E-state index in [4.69, 9.17) is 18.9 Å². The summed E-state index contributed by atoms with van der Waals surface area (Å²) in [5, 5.41) is 16.9. The highest BCUT2D eigenvalue weighted by atomic mass is 16.7. The molecule has 2 aromatic rings. The Morgan fingerprint density at radius 1 is 0.839 bits per heavy atom. The maximum atomic E-state index is 10.4. The lowest BCUT2D eigenvalue weighted by Gasteiger charge is -2.34. The van der Waals surface area contributed by atoms with E-state index in [1.165, 1.54) is 0 Å². The molecule has 0 amide bonds. The quantitative estimate of drug-likeness (QED) is 0.585. The van der Waals surface area contributed by atoms with Crippen LogP contribution in [0.5, 0.6) is 11.5 Å². The Kier molecular flexibility index (Phi) is 6.23. The van der Waals surface area contributed by atoms with E-state index in [0.717, 1.165) is 33.8 Å². The number of hydrogen-bond donors (Lipinski definition) is 3. The maximum Gasteiger partial charge on any atom is 0.205 e. The van der Waals surface area contributed by atoms with Gasteiger partial charge in [-0.2, -0.15) is 0 Å². The van der Waals surface area contributed by atoms with Crippen molar-refractivity contribution in [2.24, 2.45) is 0 Å². The molecule has 7 nitrogen and oxygen atoms in total. The average molecular weight is 429 g/mol. The molecular formula is C24H32N2O5. The van der Waals surface area contributed by atoms with E-state index in [-0.39, 0.29) is 0 Å². The largest absolute Gasteiger partial charge is 0.462 e. The fourth-order valence-electron chi connectivity index (χ4n) is 3.74. The second kappa shape index (κ2) is 8.76. The van der Waals surface area contributed by atoms with Crippen molar-refractivity contribution >= 4 is 0 Å². The lowest BCUT2D eigenvalue weighted by molar-refractivity contribution is -0.180. The lowest BCUT2D eigenvalue weighted by atomic mass is 10.1. The lowest BCUT2D eigenvalue weighted by Crippen LogP contribution is -2.39. The van der Waals surface area contributed by atoms with Crippen molar-refractivity contribution in [3.05, 3.63) is 58.7 Å². The zero-order chi connectivity index (χ0) is 22.1. The smallest absolute Gasteiger partial charge is 0.205 e. The summed E-state index contributed by atoms with van der Waals surface area (Å²) < 4.78 is 23.4. The number of aliphatic hydroxyl groups excluding tert-OH is 1. The normalized spacial score (nSPS) is 19.5. The number of rotatable bonds is 7. The second-order valence-electron chi connectivity index (χ2n) is 8.92. The molecule has 2 heterocycles. The van der Waals surface area contributed by atoms with Gasteiger partial charge in [-0.1, -0.05) is 36.4 Å². The first-order valence-electron chi connectivity index (χ1n) is 10.7. The van der Waals surface area contributed by atoms with Gasteiger partial charge in [-0.25, -0.2) is 0 Å². The third-order valence-corrected chi connectivity index (χ3v) is 5.38. The summed E-state index contributed by atoms with van der Waals surface area (Å²) in [6.07, 6.45) is -0.705. The first kappa shape index (κ1) is 22.0. The first-order chi connectivity index (χ1) is 14.7. The molecule has 2 aliphatic rings. The van der Waals surface area contributed by atoms with Gasteiger partial charge in [0, 0.05) is 69.6 Å². The molecule has 1 atom stereocenters. The predicted molar refractivity (Wildman–Crippen MR) is 116 cm³/mol. The van der Waals surface area contributed by atoms with Crippen LogP contribution in [0.3, 0.4) is 0 Å². The molecule has 31 heavy (non-hydrogen) atoms. The molecule has 0 saturated carbocycles. The Balaban J connectivity index is 1.30. The summed E-state index contributed by atoms with van der Waals surface area (Å²) in [5.41, 5.74) is 4.11. The molecule has 0 saturated heterocycles. The van der Waals surface area contributed by atoms with Crippen molar-refractivity contribution < 1.29 is 24.1 Å². The van der Waals surface area contributed by atoms with Crippen LogP contribution in [0.1, 0.15) is 49.9 Å². The number of benzene rings is 2. The van der Waals surface area contributed by atoms with E-state index >= 15 is 0 Å². The Morgan fingerprint density at radius 3 is 1.90 bits per heavy atom. The minimum atomic E-state index is -0.705. The minimum Gasteiger partial charge on any atom is -0.462 e. The molecule has 7 heteroatoms. The standard InChI is InChI=1S/C24H32N2O5/c1-23(2)28-14-18-9-5-7-16(21(18)30-23)11-25-13-20(27)26-12-17-8-6-10-19-15-29-24(3,4)31-22(17)19/h5-10,20,25-27H,11-15H2,1-4H3. The van der Waals surface area contributed by atoms with E-state index in [1.807, 2.05) is 64.1 Å². The van der Waals surface area contributed by atoms with E-state index in [1.54, 1.807) is 0 Å². The van der Waals surface area contributed by atoms with E-state index in [0.29, 0.717) is 32.8 Å². The summed E-state index contributed by atoms with van der Waals surface area (Å²) in [7, 11) is 0. The number of fused-ring (bicyclic) bond motifs is 2. The molecule has 4 rings (SSSR count). The van der Waals surface area contributed by atoms with Crippen molar-refractivity contribution in [3.8, 4) is 11.5 Å². The molecule has 2 aromatic carbocycles. The van der Waals surface area contributed by atoms with Gasteiger partial charge >= 0.3 is 0 Å². The SMILES string of the molecule is CC1(C)OCc2cccc(CNCC(O)NCc3cccc4c3OC(C)(C)OC4)c2O1. The van der Waals surface area contributed by atoms with Crippen molar-refractivity contribution in [2.45, 2.75) is 71.8 Å². The highest BCUT2D eigenvalue weighted by Gasteiger charge is 2.30. The van der Waals surface area contributed by atoms with Crippen LogP contribution in [0.15, 0.2) is 36.4 Å². The van der Waals surface area contributed by atoms with Crippen molar-refractivity contribution in [2.75, 3.05) is 6.54 Å². The molecule has 0 bridgehead atoms. The highest BCUT2D eigenvalue weighted by molar-refractivity contribution is 5.43. The van der Waals surface area contributed by atoms with Gasteiger partial charge in [0.15, 0.2) is 0 Å². The average Bonchev–Trinajstić information content (AvgIpc) is 2.71. The zero-order valence-corrected chi connectivity index (χ0v) is 18.7. The van der Waals surface area contributed by atoms with Gasteiger partial charge in [-0.3, -0.25) is 5.32 Å². The Hall–Kier alpha value is -2.16. The van der Waals surface area contributed by atoms with Crippen molar-refractivity contribution in [1.29, 1.82) is 0 Å². The molecule has 0 aliphatic carbocycles. The van der Waals surface area contributed by atoms with E-state index < -0.39 is 17.8 Å². The fraction of sp³-hybridized carbons (Fsp3) is 0.500. The van der Waals surface area contributed by atoms with Crippen LogP contribution in [0.25, 0.3) is 0 Å². The Bertz CT molecular complexity index is 928. The van der Waals surface area contributed by atoms with Crippen LogP contribution in [-0.4, -0.2) is 29.5 Å². The monoisotopic (exact) mass is 428 g/mol. The van der Waals surface area contributed by atoms with Crippen molar-refractivity contribution in [3.63, 3.8) is 0 Å². The summed E-state index contributed by atoms with van der Waals surface area (Å²) in [6, 6.07) is 12.0. The van der Waals surface area contributed by atoms with Gasteiger partial charge in [0.25, 0.3) is 0 Å². The zero-order valence-electron chi connectivity index (χ0n) is 18.7. The Morgan fingerprint density at radius 2 is 1.35 bits per heavy atom. The Labute approximate surface area is 183 Å². The molecule has 0 fully saturated rings. The van der Waals surface area contributed by atoms with E-state index in [2.05, 4.69) is 10.6 Å². The molecule has 0 radical (unpaired) electrons. The van der Waals surface area contributed by atoms with Gasteiger partial charge in [-0.15, -0.1) is 0 Å². The molecule has 1 unspecified atom stereocenters. The topological polar surface area (TPSA) is 81.2 Å². The number of aliphatic hydroxyl groups is 1. The number of hydrogen-bond acceptors (Lipinski definition) is 7. The van der Waals surface area contributed by atoms with Gasteiger partial charge in [0.1, 0.15) is 17.7 Å². The van der Waals surface area contributed by atoms with Crippen LogP contribution >= 0.6 is 0 Å². The third-order valence-electron chi connectivity index (χ3n) is 5.38. The third kappa shape index (κ3) is 5.37. The molecule has 168 valence electrons. The van der Waals surface area contributed by atoms with Crippen molar-refractivity contribution in [1.82, 2.24) is 10.6 Å². The molecule has 0 aromatic heterocycles. The van der Waals surface area contributed by atoms with Crippen LogP contribution < -0.4 is 20.1 Å². The van der Waals surface area contributed by atoms with Crippen LogP contribution in [-0.2, 0) is 35.8 Å². The highest BCUT2D eigenvalue weighted by Crippen LogP contribution is 2.35. The summed E-state index contributed by atoms with van der Waals surface area (Å²) >= 11 is 0. The van der Waals surface area contributed by atoms with Gasteiger partial charge in [0.2, 0.25) is 11.6 Å². The molecule has 2 aliphatic heterocycles. The molecule has 0 spiro atoms. The molecule has 3 N–H and O–H groups in total. The summed E-state index contributed by atoms with van der Waals surface area (Å²) in [5.74, 6) is 0.413. The second-order valence-corrected chi connectivity index (χ2v) is 8.92. The van der Waals surface area contributed by atoms with Gasteiger partial charge < -0.3 is 29.4 Å². The maximum absolute atomic E-state index is 10.4. The number of nitrogens with one attached hydrogen (secondary N) is 2. The first-order valence-corrected chi connectivity index (χ1v) is 10.7. The van der Waals surface area contributed by atoms with Crippen LogP contribution in [0.4, 0.5) is 0 Å². The van der Waals surface area contributed by atoms with Crippen LogP contribution in [0, 0.1) is 0 Å². The summed E-state index contributed by atoms with van der Waals surface area (Å²) in [4.78, 5) is 0. The van der Waals surface area contributed by atoms with Crippen LogP contribution in [0.2, 0.25) is 0 Å².